The van der Waals surface area contributed by atoms with E-state index in [1.54, 1.807) is 0 Å². The van der Waals surface area contributed by atoms with Crippen LogP contribution >= 0.6 is 0 Å². The minimum atomic E-state index is -0.668. The average Bonchev–Trinajstić information content (AvgIpc) is 3.27. The molecule has 6 N–H and O–H groups in total. The van der Waals surface area contributed by atoms with Gasteiger partial charge in [-0.05, 0) is 137 Å². The second-order valence-corrected chi connectivity index (χ2v) is 14.7. The molecule has 0 aromatic rings. The maximum absolute atomic E-state index is 11.7. The van der Waals surface area contributed by atoms with Gasteiger partial charge in [0.05, 0.1) is 12.0 Å². The lowest BCUT2D eigenvalue weighted by Gasteiger charge is -2.60. The van der Waals surface area contributed by atoms with Crippen LogP contribution in [0.4, 0.5) is 0 Å². The van der Waals surface area contributed by atoms with Crippen LogP contribution in [-0.4, -0.2) is 54.5 Å². The van der Waals surface area contributed by atoms with E-state index in [0.29, 0.717) is 41.0 Å². The molecule has 0 heterocycles. The van der Waals surface area contributed by atoms with Crippen molar-refractivity contribution in [1.29, 1.82) is 0 Å². The summed E-state index contributed by atoms with van der Waals surface area (Å²) in [7, 11) is 0. The molecule has 40 heavy (non-hydrogen) atoms. The smallest absolute Gasteiger partial charge is 0.306 e. The van der Waals surface area contributed by atoms with Gasteiger partial charge in [0.2, 0.25) is 0 Å². The fourth-order valence-electron chi connectivity index (χ4n) is 9.92. The van der Waals surface area contributed by atoms with E-state index in [9.17, 15) is 15.0 Å². The summed E-state index contributed by atoms with van der Waals surface area (Å²) in [6.45, 7) is 13.3. The number of hydrogen-bond acceptors (Lipinski definition) is 5. The van der Waals surface area contributed by atoms with Crippen LogP contribution in [0, 0.1) is 46.3 Å². The van der Waals surface area contributed by atoms with Crippen molar-refractivity contribution in [1.82, 2.24) is 10.6 Å². The fraction of sp³-hybridized carbons (Fsp3) is 0.912. The minimum Gasteiger partial charge on any atom is -0.481 e. The first kappa shape index (κ1) is 32.0. The van der Waals surface area contributed by atoms with Gasteiger partial charge in [0.1, 0.15) is 0 Å². The Kier molecular flexibility index (Phi) is 11.2. The summed E-state index contributed by atoms with van der Waals surface area (Å²) in [6, 6.07) is 0.443. The van der Waals surface area contributed by atoms with Crippen molar-refractivity contribution < 1.29 is 15.0 Å². The summed E-state index contributed by atoms with van der Waals surface area (Å²) in [6.07, 6.45) is 17.0. The van der Waals surface area contributed by atoms with Crippen LogP contribution in [0.1, 0.15) is 111 Å². The van der Waals surface area contributed by atoms with Gasteiger partial charge < -0.3 is 26.6 Å². The highest BCUT2D eigenvalue weighted by Gasteiger charge is 2.61. The summed E-state index contributed by atoms with van der Waals surface area (Å²) >= 11 is 0. The van der Waals surface area contributed by atoms with E-state index in [-0.39, 0.29) is 17.4 Å². The highest BCUT2D eigenvalue weighted by Crippen LogP contribution is 2.67. The Morgan fingerprint density at radius 3 is 2.52 bits per heavy atom. The molecule has 0 amide bonds. The SMILES string of the molecule is CC(CCC[C@@H](C)[C@H]1CCC2C3C(CC[C@@]21C)[C@@]1(C)CC[C@H](NCCCNCCCCN)C=C1C[C@H]3O)C(=O)O. The number of carbonyl (C=O) groups is 1. The minimum absolute atomic E-state index is 0.212. The van der Waals surface area contributed by atoms with Gasteiger partial charge in [-0.3, -0.25) is 4.79 Å². The Hall–Kier alpha value is -0.950. The zero-order valence-electron chi connectivity index (χ0n) is 26.1. The topological polar surface area (TPSA) is 108 Å². The summed E-state index contributed by atoms with van der Waals surface area (Å²) in [4.78, 5) is 11.3. The standard InChI is InChI=1S/C34H61N3O3/c1-23(9-7-10-24(2)32(39)40)27-11-12-28-31-29(14-16-34(27,28)4)33(3)15-13-26(21-25(33)22-30(31)38)37-20-8-19-36-18-6-5-17-35/h21,23-24,26-31,36-38H,5-20,22,35H2,1-4H3,(H,39,40)/t23-,24?,26+,27-,28?,29?,30-,31?,33+,34-/m1/s1. The van der Waals surface area contributed by atoms with Gasteiger partial charge in [0, 0.05) is 6.04 Å². The zero-order chi connectivity index (χ0) is 28.9. The molecule has 6 nitrogen and oxygen atoms in total. The van der Waals surface area contributed by atoms with Crippen molar-refractivity contribution in [2.45, 2.75) is 123 Å². The van der Waals surface area contributed by atoms with Gasteiger partial charge in [0.25, 0.3) is 0 Å². The van der Waals surface area contributed by atoms with Crippen molar-refractivity contribution >= 4 is 5.97 Å². The molecule has 0 aliphatic heterocycles. The van der Waals surface area contributed by atoms with Gasteiger partial charge in [-0.25, -0.2) is 0 Å². The normalized spacial score (nSPS) is 38.6. The molecule has 0 aromatic heterocycles. The number of carboxylic acids is 1. The van der Waals surface area contributed by atoms with E-state index < -0.39 is 5.97 Å². The summed E-state index contributed by atoms with van der Waals surface area (Å²) in [5, 5.41) is 28.3. The molecular formula is C34H61N3O3. The summed E-state index contributed by atoms with van der Waals surface area (Å²) in [5.74, 6) is 2.07. The number of hydrogen-bond donors (Lipinski definition) is 5. The van der Waals surface area contributed by atoms with Gasteiger partial charge in [-0.1, -0.05) is 52.2 Å². The lowest BCUT2D eigenvalue weighted by atomic mass is 9.45. The van der Waals surface area contributed by atoms with Crippen molar-refractivity contribution in [3.05, 3.63) is 11.6 Å². The first-order valence-corrected chi connectivity index (χ1v) is 16.9. The number of unbranched alkanes of at least 4 members (excludes halogenated alkanes) is 1. The Bertz CT molecular complexity index is 863. The number of aliphatic hydroxyl groups is 1. The molecule has 0 bridgehead atoms. The van der Waals surface area contributed by atoms with Crippen molar-refractivity contribution in [2.75, 3.05) is 26.2 Å². The van der Waals surface area contributed by atoms with E-state index in [1.807, 2.05) is 6.92 Å². The quantitative estimate of drug-likeness (QED) is 0.129. The predicted molar refractivity (Wildman–Crippen MR) is 164 cm³/mol. The third kappa shape index (κ3) is 6.82. The van der Waals surface area contributed by atoms with Crippen LogP contribution in [0.5, 0.6) is 0 Å². The average molecular weight is 560 g/mol. The fourth-order valence-corrected chi connectivity index (χ4v) is 9.92. The molecule has 0 radical (unpaired) electrons. The number of rotatable bonds is 15. The molecule has 4 unspecified atom stereocenters. The van der Waals surface area contributed by atoms with Crippen LogP contribution in [-0.2, 0) is 4.79 Å². The van der Waals surface area contributed by atoms with Gasteiger partial charge in [-0.15, -0.1) is 0 Å². The first-order valence-electron chi connectivity index (χ1n) is 16.9. The molecule has 230 valence electrons. The Morgan fingerprint density at radius 1 is 1.00 bits per heavy atom. The van der Waals surface area contributed by atoms with Gasteiger partial charge in [-0.2, -0.15) is 0 Å². The second-order valence-electron chi connectivity index (χ2n) is 14.7. The summed E-state index contributed by atoms with van der Waals surface area (Å²) < 4.78 is 0. The van der Waals surface area contributed by atoms with E-state index in [2.05, 4.69) is 37.5 Å². The lowest BCUT2D eigenvalue weighted by Crippen LogP contribution is -2.56. The molecule has 0 saturated heterocycles. The molecule has 4 aliphatic rings. The van der Waals surface area contributed by atoms with E-state index in [4.69, 9.17) is 5.73 Å². The molecule has 0 spiro atoms. The number of carboxylic acid groups (broad SMARTS) is 1. The molecule has 0 aromatic carbocycles. The number of nitrogens with two attached hydrogens (primary N) is 1. The Morgan fingerprint density at radius 2 is 1.77 bits per heavy atom. The number of nitrogens with one attached hydrogen (secondary N) is 2. The van der Waals surface area contributed by atoms with Crippen LogP contribution in [0.3, 0.4) is 0 Å². The van der Waals surface area contributed by atoms with Crippen molar-refractivity contribution in [3.63, 3.8) is 0 Å². The Labute approximate surface area is 244 Å². The maximum Gasteiger partial charge on any atom is 0.306 e. The lowest BCUT2D eigenvalue weighted by molar-refractivity contribution is -0.141. The van der Waals surface area contributed by atoms with Crippen molar-refractivity contribution in [3.8, 4) is 0 Å². The first-order chi connectivity index (χ1) is 19.1. The predicted octanol–water partition coefficient (Wildman–Crippen LogP) is 5.74. The molecule has 4 rings (SSSR count). The van der Waals surface area contributed by atoms with Crippen molar-refractivity contribution in [2.24, 2.45) is 52.1 Å². The molecule has 4 aliphatic carbocycles. The number of fused-ring (bicyclic) bond motifs is 5. The van der Waals surface area contributed by atoms with E-state index >= 15 is 0 Å². The highest BCUT2D eigenvalue weighted by molar-refractivity contribution is 5.69. The molecule has 6 heteroatoms. The molecule has 10 atom stereocenters. The van der Waals surface area contributed by atoms with Crippen LogP contribution in [0.25, 0.3) is 0 Å². The van der Waals surface area contributed by atoms with Crippen LogP contribution < -0.4 is 16.4 Å². The van der Waals surface area contributed by atoms with E-state index in [1.165, 1.54) is 44.1 Å². The molecular weight excluding hydrogens is 498 g/mol. The third-order valence-corrected chi connectivity index (χ3v) is 12.4. The maximum atomic E-state index is 11.7. The monoisotopic (exact) mass is 559 g/mol. The third-order valence-electron chi connectivity index (χ3n) is 12.4. The molecule has 3 fully saturated rings. The molecule has 3 saturated carbocycles. The zero-order valence-corrected chi connectivity index (χ0v) is 26.1. The number of aliphatic hydroxyl groups excluding tert-OH is 1. The van der Waals surface area contributed by atoms with Gasteiger partial charge >= 0.3 is 5.97 Å². The van der Waals surface area contributed by atoms with E-state index in [0.717, 1.165) is 71.1 Å². The van der Waals surface area contributed by atoms with Crippen LogP contribution in [0.15, 0.2) is 11.6 Å². The number of aliphatic carboxylic acids is 1. The van der Waals surface area contributed by atoms with Gasteiger partial charge in [0.15, 0.2) is 0 Å². The highest BCUT2D eigenvalue weighted by atomic mass is 16.4. The largest absolute Gasteiger partial charge is 0.481 e. The van der Waals surface area contributed by atoms with Crippen LogP contribution in [0.2, 0.25) is 0 Å². The Balaban J connectivity index is 1.33. The summed E-state index contributed by atoms with van der Waals surface area (Å²) in [5.41, 5.74) is 7.66. The second kappa shape index (κ2) is 14.0.